The molecule has 1 aliphatic rings. The fraction of sp³-hybridized carbons (Fsp3) is 0.385. The molecular weight excluding hydrogens is 287 g/mol. The number of anilines is 1. The summed E-state index contributed by atoms with van der Waals surface area (Å²) in [7, 11) is 0. The topological polar surface area (TPSA) is 69.6 Å². The summed E-state index contributed by atoms with van der Waals surface area (Å²) in [5, 5.41) is 11.7. The smallest absolute Gasteiger partial charge is 0.329 e. The third-order valence-corrected chi connectivity index (χ3v) is 3.81. The number of carbonyl (C=O) groups excluding carboxylic acids is 1. The Hall–Kier alpha value is -1.82. The van der Waals surface area contributed by atoms with Crippen LogP contribution in [-0.2, 0) is 4.79 Å². The van der Waals surface area contributed by atoms with Crippen LogP contribution in [0.15, 0.2) is 18.2 Å². The van der Waals surface area contributed by atoms with Gasteiger partial charge in [0.05, 0.1) is 5.02 Å². The van der Waals surface area contributed by atoms with Crippen molar-refractivity contribution in [2.75, 3.05) is 11.9 Å². The minimum absolute atomic E-state index is 0.106. The molecule has 20 heavy (non-hydrogen) atoms. The van der Waals surface area contributed by atoms with E-state index in [9.17, 15) is 19.1 Å². The van der Waals surface area contributed by atoms with E-state index in [0.29, 0.717) is 25.1 Å². The molecule has 1 aromatic rings. The minimum Gasteiger partial charge on any atom is -0.480 e. The number of nitrogens with one attached hydrogen (secondary N) is 1. The van der Waals surface area contributed by atoms with Crippen LogP contribution in [0.3, 0.4) is 0 Å². The van der Waals surface area contributed by atoms with Crippen LogP contribution >= 0.6 is 11.6 Å². The van der Waals surface area contributed by atoms with Gasteiger partial charge in [-0.1, -0.05) is 11.6 Å². The van der Waals surface area contributed by atoms with Gasteiger partial charge in [0.15, 0.2) is 0 Å². The third-order valence-electron chi connectivity index (χ3n) is 3.52. The van der Waals surface area contributed by atoms with Crippen LogP contribution in [0.25, 0.3) is 0 Å². The molecular formula is C13H14ClFN2O3. The number of hydrogen-bond donors (Lipinski definition) is 2. The molecule has 2 N–H and O–H groups in total. The van der Waals surface area contributed by atoms with Crippen molar-refractivity contribution in [1.29, 1.82) is 0 Å². The molecule has 0 saturated carbocycles. The predicted molar refractivity (Wildman–Crippen MR) is 72.4 cm³/mol. The average molecular weight is 301 g/mol. The SMILES string of the molecule is CC1(C(=O)O)CCCN1C(=O)Nc1ccc(F)c(Cl)c1. The van der Waals surface area contributed by atoms with Crippen molar-refractivity contribution in [1.82, 2.24) is 4.90 Å². The molecule has 2 amide bonds. The minimum atomic E-state index is -1.21. The number of hydrogen-bond acceptors (Lipinski definition) is 2. The number of aliphatic carboxylic acids is 1. The molecule has 0 aliphatic carbocycles. The Labute approximate surface area is 120 Å². The summed E-state index contributed by atoms with van der Waals surface area (Å²) >= 11 is 5.63. The first-order valence-electron chi connectivity index (χ1n) is 6.11. The molecule has 2 rings (SSSR count). The van der Waals surface area contributed by atoms with Crippen LogP contribution in [0.2, 0.25) is 5.02 Å². The van der Waals surface area contributed by atoms with Crippen molar-refractivity contribution in [2.45, 2.75) is 25.3 Å². The molecule has 1 heterocycles. The highest BCUT2D eigenvalue weighted by atomic mass is 35.5. The zero-order chi connectivity index (χ0) is 14.9. The van der Waals surface area contributed by atoms with E-state index in [1.807, 2.05) is 0 Å². The normalized spacial score (nSPS) is 21.9. The zero-order valence-electron chi connectivity index (χ0n) is 10.8. The highest BCUT2D eigenvalue weighted by molar-refractivity contribution is 6.31. The van der Waals surface area contributed by atoms with Gasteiger partial charge in [-0.05, 0) is 38.0 Å². The van der Waals surface area contributed by atoms with Crippen molar-refractivity contribution in [3.8, 4) is 0 Å². The van der Waals surface area contributed by atoms with Crippen molar-refractivity contribution in [3.05, 3.63) is 29.0 Å². The van der Waals surface area contributed by atoms with Gasteiger partial charge in [-0.3, -0.25) is 0 Å². The number of urea groups is 1. The fourth-order valence-electron chi connectivity index (χ4n) is 2.28. The molecule has 1 aliphatic heterocycles. The number of carboxylic acid groups (broad SMARTS) is 1. The monoisotopic (exact) mass is 300 g/mol. The van der Waals surface area contributed by atoms with Crippen molar-refractivity contribution < 1.29 is 19.1 Å². The molecule has 5 nitrogen and oxygen atoms in total. The number of carboxylic acids is 1. The lowest BCUT2D eigenvalue weighted by Gasteiger charge is -2.31. The second-order valence-electron chi connectivity index (χ2n) is 4.89. The highest BCUT2D eigenvalue weighted by Crippen LogP contribution is 2.30. The standard InChI is InChI=1S/C13H14ClFN2O3/c1-13(11(18)19)5-2-6-17(13)12(20)16-8-3-4-10(15)9(14)7-8/h3-4,7H,2,5-6H2,1H3,(H,16,20)(H,18,19). The number of nitrogens with zero attached hydrogens (tertiary/aromatic N) is 1. The Bertz CT molecular complexity index is 567. The van der Waals surface area contributed by atoms with Gasteiger partial charge in [0.2, 0.25) is 0 Å². The Morgan fingerprint density at radius 3 is 2.80 bits per heavy atom. The lowest BCUT2D eigenvalue weighted by atomic mass is 10.00. The first-order chi connectivity index (χ1) is 9.34. The molecule has 1 fully saturated rings. The van der Waals surface area contributed by atoms with Crippen LogP contribution in [0, 0.1) is 5.82 Å². The van der Waals surface area contributed by atoms with E-state index in [2.05, 4.69) is 5.32 Å². The van der Waals surface area contributed by atoms with Crippen LogP contribution in [-0.4, -0.2) is 34.1 Å². The van der Waals surface area contributed by atoms with E-state index >= 15 is 0 Å². The van der Waals surface area contributed by atoms with E-state index in [1.165, 1.54) is 24.0 Å². The number of carbonyl (C=O) groups is 2. The quantitative estimate of drug-likeness (QED) is 0.882. The Balaban J connectivity index is 2.15. The van der Waals surface area contributed by atoms with Gasteiger partial charge in [-0.2, -0.15) is 0 Å². The van der Waals surface area contributed by atoms with E-state index in [4.69, 9.17) is 11.6 Å². The summed E-state index contributed by atoms with van der Waals surface area (Å²) < 4.78 is 13.0. The van der Waals surface area contributed by atoms with E-state index in [-0.39, 0.29) is 5.02 Å². The lowest BCUT2D eigenvalue weighted by molar-refractivity contribution is -0.146. The van der Waals surface area contributed by atoms with Crippen LogP contribution < -0.4 is 5.32 Å². The summed E-state index contributed by atoms with van der Waals surface area (Å²) in [6.45, 7) is 1.88. The van der Waals surface area contributed by atoms with Gasteiger partial charge in [0.25, 0.3) is 0 Å². The summed E-state index contributed by atoms with van der Waals surface area (Å²) in [6, 6.07) is 3.25. The Morgan fingerprint density at radius 1 is 1.50 bits per heavy atom. The number of halogens is 2. The maximum absolute atomic E-state index is 13.0. The average Bonchev–Trinajstić information content (AvgIpc) is 2.77. The van der Waals surface area contributed by atoms with E-state index in [0.717, 1.165) is 6.07 Å². The largest absolute Gasteiger partial charge is 0.480 e. The summed E-state index contributed by atoms with van der Waals surface area (Å²) in [5.41, 5.74) is -0.894. The molecule has 7 heteroatoms. The predicted octanol–water partition coefficient (Wildman–Crippen LogP) is 2.95. The molecule has 0 bridgehead atoms. The maximum Gasteiger partial charge on any atom is 0.329 e. The van der Waals surface area contributed by atoms with E-state index in [1.54, 1.807) is 0 Å². The van der Waals surface area contributed by atoms with Crippen LogP contribution in [0.5, 0.6) is 0 Å². The second kappa shape index (κ2) is 5.28. The van der Waals surface area contributed by atoms with Gasteiger partial charge in [0, 0.05) is 12.2 Å². The number of rotatable bonds is 2. The molecule has 108 valence electrons. The fourth-order valence-corrected chi connectivity index (χ4v) is 2.46. The van der Waals surface area contributed by atoms with Gasteiger partial charge in [-0.25, -0.2) is 14.0 Å². The highest BCUT2D eigenvalue weighted by Gasteiger charge is 2.46. The summed E-state index contributed by atoms with van der Waals surface area (Å²) in [6.07, 6.45) is 1.03. The Morgan fingerprint density at radius 2 is 2.20 bits per heavy atom. The zero-order valence-corrected chi connectivity index (χ0v) is 11.6. The number of amides is 2. The lowest BCUT2D eigenvalue weighted by Crippen LogP contribution is -2.52. The summed E-state index contributed by atoms with van der Waals surface area (Å²) in [4.78, 5) is 24.7. The van der Waals surface area contributed by atoms with Crippen LogP contribution in [0.1, 0.15) is 19.8 Å². The van der Waals surface area contributed by atoms with Gasteiger partial charge < -0.3 is 15.3 Å². The maximum atomic E-state index is 13.0. The molecule has 1 unspecified atom stereocenters. The first-order valence-corrected chi connectivity index (χ1v) is 6.49. The number of benzene rings is 1. The third kappa shape index (κ3) is 2.56. The van der Waals surface area contributed by atoms with Crippen molar-refractivity contribution in [3.63, 3.8) is 0 Å². The molecule has 1 saturated heterocycles. The summed E-state index contributed by atoms with van der Waals surface area (Å²) in [5.74, 6) is -1.62. The van der Waals surface area contributed by atoms with Crippen molar-refractivity contribution in [2.24, 2.45) is 0 Å². The van der Waals surface area contributed by atoms with Crippen LogP contribution in [0.4, 0.5) is 14.9 Å². The Kier molecular flexibility index (Phi) is 3.85. The van der Waals surface area contributed by atoms with Gasteiger partial charge in [0.1, 0.15) is 11.4 Å². The second-order valence-corrected chi connectivity index (χ2v) is 5.30. The first kappa shape index (κ1) is 14.6. The molecule has 1 atom stereocenters. The molecule has 0 aromatic heterocycles. The molecule has 1 aromatic carbocycles. The van der Waals surface area contributed by atoms with Gasteiger partial charge in [-0.15, -0.1) is 0 Å². The molecule has 0 spiro atoms. The van der Waals surface area contributed by atoms with E-state index < -0.39 is 23.4 Å². The number of likely N-dealkylation sites (tertiary alicyclic amines) is 1. The van der Waals surface area contributed by atoms with Crippen molar-refractivity contribution >= 4 is 29.3 Å². The molecule has 0 radical (unpaired) electrons. The van der Waals surface area contributed by atoms with Gasteiger partial charge >= 0.3 is 12.0 Å².